The molecule has 8 heteroatoms. The predicted molar refractivity (Wildman–Crippen MR) is 136 cm³/mol. The average Bonchev–Trinajstić information content (AvgIpc) is 3.31. The molecule has 178 valence electrons. The van der Waals surface area contributed by atoms with Gasteiger partial charge in [-0.15, -0.1) is 11.3 Å². The number of rotatable bonds is 8. The molecule has 7 nitrogen and oxygen atoms in total. The number of aliphatic carboxylic acids is 1. The van der Waals surface area contributed by atoms with Crippen LogP contribution in [-0.4, -0.2) is 34.7 Å². The number of carboxylic acid groups (broad SMARTS) is 1. The van der Waals surface area contributed by atoms with Crippen molar-refractivity contribution < 1.29 is 24.2 Å². The van der Waals surface area contributed by atoms with Crippen molar-refractivity contribution in [3.8, 4) is 32.5 Å². The summed E-state index contributed by atoms with van der Waals surface area (Å²) >= 11 is 1.41. The summed E-state index contributed by atoms with van der Waals surface area (Å²) in [7, 11) is 1.59. The number of amides is 1. The third kappa shape index (κ3) is 5.50. The fourth-order valence-electron chi connectivity index (χ4n) is 3.25. The zero-order valence-electron chi connectivity index (χ0n) is 19.4. The summed E-state index contributed by atoms with van der Waals surface area (Å²) in [6, 6.07) is 23.7. The molecule has 0 atom stereocenters. The fraction of sp³-hybridized carbons (Fsp3) is 0.148. The van der Waals surface area contributed by atoms with Gasteiger partial charge < -0.3 is 19.9 Å². The van der Waals surface area contributed by atoms with Crippen LogP contribution in [0.25, 0.3) is 21.0 Å². The lowest BCUT2D eigenvalue weighted by molar-refractivity contribution is -0.152. The number of benzene rings is 3. The number of carbonyl (C=O) groups is 2. The molecule has 0 unspecified atom stereocenters. The molecule has 35 heavy (non-hydrogen) atoms. The van der Waals surface area contributed by atoms with Gasteiger partial charge in [0.1, 0.15) is 22.2 Å². The molecular weight excluding hydrogens is 464 g/mol. The van der Waals surface area contributed by atoms with Crippen LogP contribution < -0.4 is 14.8 Å². The third-order valence-corrected chi connectivity index (χ3v) is 6.37. The van der Waals surface area contributed by atoms with Gasteiger partial charge in [-0.2, -0.15) is 0 Å². The summed E-state index contributed by atoms with van der Waals surface area (Å²) < 4.78 is 10.8. The van der Waals surface area contributed by atoms with E-state index in [1.165, 1.54) is 25.2 Å². The molecule has 4 rings (SSSR count). The SMILES string of the molecule is COc1ccc(NC(=O)c2nc(-c3ccc(OC(C)(C)C(=O)O)cc3)sc2-c2ccccc2)cc1. The molecule has 0 aliphatic heterocycles. The monoisotopic (exact) mass is 488 g/mol. The summed E-state index contributed by atoms with van der Waals surface area (Å²) in [6.45, 7) is 2.98. The Morgan fingerprint density at radius 2 is 1.51 bits per heavy atom. The Morgan fingerprint density at radius 1 is 0.886 bits per heavy atom. The molecule has 1 heterocycles. The Balaban J connectivity index is 1.65. The number of thiazole rings is 1. The lowest BCUT2D eigenvalue weighted by Crippen LogP contribution is -2.37. The maximum atomic E-state index is 13.2. The molecule has 3 aromatic carbocycles. The molecule has 0 radical (unpaired) electrons. The Morgan fingerprint density at radius 3 is 2.11 bits per heavy atom. The minimum Gasteiger partial charge on any atom is -0.497 e. The van der Waals surface area contributed by atoms with E-state index in [1.807, 2.05) is 30.3 Å². The van der Waals surface area contributed by atoms with E-state index in [0.717, 1.165) is 16.0 Å². The second-order valence-electron chi connectivity index (χ2n) is 8.19. The molecule has 1 aromatic heterocycles. The van der Waals surface area contributed by atoms with Crippen LogP contribution in [0.2, 0.25) is 0 Å². The van der Waals surface area contributed by atoms with Crippen molar-refractivity contribution in [1.29, 1.82) is 0 Å². The van der Waals surface area contributed by atoms with Crippen molar-refractivity contribution in [2.75, 3.05) is 12.4 Å². The van der Waals surface area contributed by atoms with Crippen LogP contribution in [0.4, 0.5) is 5.69 Å². The van der Waals surface area contributed by atoms with Crippen LogP contribution >= 0.6 is 11.3 Å². The molecule has 0 fully saturated rings. The summed E-state index contributed by atoms with van der Waals surface area (Å²) in [5.74, 6) is -0.247. The van der Waals surface area contributed by atoms with E-state index in [0.29, 0.717) is 27.9 Å². The largest absolute Gasteiger partial charge is 0.497 e. The number of carboxylic acids is 1. The van der Waals surface area contributed by atoms with Crippen LogP contribution in [0.5, 0.6) is 11.5 Å². The molecule has 2 N–H and O–H groups in total. The first kappa shape index (κ1) is 24.0. The highest BCUT2D eigenvalue weighted by Gasteiger charge is 2.29. The van der Waals surface area contributed by atoms with Gasteiger partial charge in [-0.3, -0.25) is 4.79 Å². The van der Waals surface area contributed by atoms with Gasteiger partial charge in [-0.05, 0) is 67.9 Å². The lowest BCUT2D eigenvalue weighted by Gasteiger charge is -2.21. The number of hydrogen-bond donors (Lipinski definition) is 2. The molecule has 0 bridgehead atoms. The van der Waals surface area contributed by atoms with Gasteiger partial charge in [0.2, 0.25) is 0 Å². The van der Waals surface area contributed by atoms with Crippen molar-refractivity contribution >= 4 is 28.9 Å². The fourth-order valence-corrected chi connectivity index (χ4v) is 4.32. The van der Waals surface area contributed by atoms with Crippen LogP contribution in [-0.2, 0) is 4.79 Å². The second-order valence-corrected chi connectivity index (χ2v) is 9.19. The lowest BCUT2D eigenvalue weighted by atomic mass is 10.1. The van der Waals surface area contributed by atoms with Crippen molar-refractivity contribution in [3.63, 3.8) is 0 Å². The van der Waals surface area contributed by atoms with E-state index in [-0.39, 0.29) is 5.91 Å². The van der Waals surface area contributed by atoms with Crippen molar-refractivity contribution in [2.24, 2.45) is 0 Å². The van der Waals surface area contributed by atoms with Crippen LogP contribution in [0, 0.1) is 0 Å². The highest BCUT2D eigenvalue weighted by Crippen LogP contribution is 2.36. The van der Waals surface area contributed by atoms with Crippen molar-refractivity contribution in [2.45, 2.75) is 19.4 Å². The number of ether oxygens (including phenoxy) is 2. The van der Waals surface area contributed by atoms with Crippen molar-refractivity contribution in [1.82, 2.24) is 4.98 Å². The molecule has 0 aliphatic carbocycles. The Kier molecular flexibility index (Phi) is 6.84. The molecular formula is C27H24N2O5S. The Bertz CT molecular complexity index is 1330. The Hall–Kier alpha value is -4.17. The third-order valence-electron chi connectivity index (χ3n) is 5.22. The first-order valence-electron chi connectivity index (χ1n) is 10.8. The van der Waals surface area contributed by atoms with Gasteiger partial charge in [0.05, 0.1) is 12.0 Å². The van der Waals surface area contributed by atoms with Gasteiger partial charge in [0.25, 0.3) is 5.91 Å². The molecule has 4 aromatic rings. The Labute approximate surface area is 207 Å². The molecule has 0 saturated carbocycles. The number of nitrogens with zero attached hydrogens (tertiary/aromatic N) is 1. The topological polar surface area (TPSA) is 97.8 Å². The standard InChI is InChI=1S/C27H24N2O5S/c1-27(2,26(31)32)34-21-13-9-18(10-14-21)25-29-22(23(35-25)17-7-5-4-6-8-17)24(30)28-19-11-15-20(33-3)16-12-19/h4-16H,1-3H3,(H,28,30)(H,31,32). The first-order valence-corrected chi connectivity index (χ1v) is 11.6. The number of aromatic nitrogens is 1. The zero-order chi connectivity index (χ0) is 25.0. The summed E-state index contributed by atoms with van der Waals surface area (Å²) in [5, 5.41) is 12.8. The highest BCUT2D eigenvalue weighted by atomic mass is 32.1. The smallest absolute Gasteiger partial charge is 0.347 e. The highest BCUT2D eigenvalue weighted by molar-refractivity contribution is 7.18. The minimum absolute atomic E-state index is 0.319. The quantitative estimate of drug-likeness (QED) is 0.317. The normalized spacial score (nSPS) is 11.1. The predicted octanol–water partition coefficient (Wildman–Crippen LogP) is 5.98. The van der Waals surface area contributed by atoms with Crippen LogP contribution in [0.15, 0.2) is 78.9 Å². The first-order chi connectivity index (χ1) is 16.8. The molecule has 0 saturated heterocycles. The van der Waals surface area contributed by atoms with E-state index in [4.69, 9.17) is 9.47 Å². The van der Waals surface area contributed by atoms with Gasteiger partial charge in [0, 0.05) is 11.3 Å². The number of carbonyl (C=O) groups excluding carboxylic acids is 1. The maximum absolute atomic E-state index is 13.2. The van der Waals surface area contributed by atoms with Gasteiger partial charge in [-0.25, -0.2) is 9.78 Å². The van der Waals surface area contributed by atoms with E-state index >= 15 is 0 Å². The van der Waals surface area contributed by atoms with E-state index in [2.05, 4.69) is 10.3 Å². The number of hydrogen-bond acceptors (Lipinski definition) is 6. The second kappa shape index (κ2) is 9.99. The van der Waals surface area contributed by atoms with E-state index in [9.17, 15) is 14.7 Å². The van der Waals surface area contributed by atoms with Crippen molar-refractivity contribution in [3.05, 3.63) is 84.6 Å². The van der Waals surface area contributed by atoms with E-state index < -0.39 is 11.6 Å². The van der Waals surface area contributed by atoms with Gasteiger partial charge >= 0.3 is 5.97 Å². The van der Waals surface area contributed by atoms with Crippen LogP contribution in [0.1, 0.15) is 24.3 Å². The molecule has 1 amide bonds. The maximum Gasteiger partial charge on any atom is 0.347 e. The number of methoxy groups -OCH3 is 1. The average molecular weight is 489 g/mol. The van der Waals surface area contributed by atoms with E-state index in [1.54, 1.807) is 55.6 Å². The number of anilines is 1. The molecule has 0 aliphatic rings. The summed E-state index contributed by atoms with van der Waals surface area (Å²) in [5.41, 5.74) is 1.28. The van der Waals surface area contributed by atoms with Crippen LogP contribution in [0.3, 0.4) is 0 Å². The minimum atomic E-state index is -1.35. The summed E-state index contributed by atoms with van der Waals surface area (Å²) in [4.78, 5) is 30.0. The number of nitrogens with one attached hydrogen (secondary N) is 1. The van der Waals surface area contributed by atoms with Gasteiger partial charge in [-0.1, -0.05) is 30.3 Å². The molecule has 0 spiro atoms. The zero-order valence-corrected chi connectivity index (χ0v) is 20.3. The van der Waals surface area contributed by atoms with Gasteiger partial charge in [0.15, 0.2) is 5.60 Å². The summed E-state index contributed by atoms with van der Waals surface area (Å²) in [6.07, 6.45) is 0.